The van der Waals surface area contributed by atoms with E-state index in [2.05, 4.69) is 5.32 Å². The first-order valence-electron chi connectivity index (χ1n) is 14.0. The Bertz CT molecular complexity index is 1520. The average molecular weight is 593 g/mol. The molecule has 0 heterocycles. The molecule has 0 radical (unpaired) electrons. The van der Waals surface area contributed by atoms with Crippen LogP contribution in [0.4, 0.5) is 11.4 Å². The first-order chi connectivity index (χ1) is 20.1. The fourth-order valence-corrected chi connectivity index (χ4v) is 6.60. The summed E-state index contributed by atoms with van der Waals surface area (Å²) in [6.45, 7) is 2.97. The Labute approximate surface area is 246 Å². The van der Waals surface area contributed by atoms with E-state index >= 15 is 0 Å². The van der Waals surface area contributed by atoms with Crippen molar-refractivity contribution in [1.82, 2.24) is 10.2 Å². The van der Waals surface area contributed by atoms with Crippen molar-refractivity contribution in [2.75, 3.05) is 10.8 Å². The molecule has 42 heavy (non-hydrogen) atoms. The zero-order chi connectivity index (χ0) is 30.3. The van der Waals surface area contributed by atoms with E-state index in [0.29, 0.717) is 0 Å². The van der Waals surface area contributed by atoms with Gasteiger partial charge in [0.2, 0.25) is 11.8 Å². The topological polar surface area (TPSA) is 130 Å². The summed E-state index contributed by atoms with van der Waals surface area (Å²) in [6.07, 6.45) is 4.94. The summed E-state index contributed by atoms with van der Waals surface area (Å²) in [5.74, 6) is -0.926. The number of nitro groups is 1. The van der Waals surface area contributed by atoms with Crippen LogP contribution in [0.5, 0.6) is 0 Å². The molecule has 0 aliphatic heterocycles. The molecule has 1 aliphatic carbocycles. The van der Waals surface area contributed by atoms with Gasteiger partial charge in [-0.3, -0.25) is 24.0 Å². The first-order valence-corrected chi connectivity index (χ1v) is 15.5. The number of nitro benzene ring substituents is 1. The van der Waals surface area contributed by atoms with Crippen LogP contribution in [0.3, 0.4) is 0 Å². The van der Waals surface area contributed by atoms with E-state index in [1.807, 2.05) is 31.2 Å². The van der Waals surface area contributed by atoms with Crippen LogP contribution < -0.4 is 9.62 Å². The number of anilines is 1. The van der Waals surface area contributed by atoms with E-state index in [9.17, 15) is 28.1 Å². The molecule has 10 nitrogen and oxygen atoms in total. The van der Waals surface area contributed by atoms with Gasteiger partial charge in [-0.1, -0.05) is 73.4 Å². The van der Waals surface area contributed by atoms with Crippen LogP contribution in [-0.4, -0.2) is 48.7 Å². The third-order valence-electron chi connectivity index (χ3n) is 7.49. The number of hydrogen-bond acceptors (Lipinski definition) is 6. The minimum atomic E-state index is -4.31. The van der Waals surface area contributed by atoms with Crippen LogP contribution in [0, 0.1) is 17.0 Å². The highest BCUT2D eigenvalue weighted by Gasteiger charge is 2.33. The maximum atomic E-state index is 14.1. The molecule has 0 saturated heterocycles. The second-order valence-electron chi connectivity index (χ2n) is 10.6. The molecule has 2 amide bonds. The number of nitrogens with one attached hydrogen (secondary N) is 1. The summed E-state index contributed by atoms with van der Waals surface area (Å²) in [4.78, 5) is 39.6. The van der Waals surface area contributed by atoms with Gasteiger partial charge in [0.1, 0.15) is 12.6 Å². The number of non-ortho nitro benzene ring substituents is 1. The lowest BCUT2D eigenvalue weighted by Gasteiger charge is -2.33. The number of carbonyl (C=O) groups is 2. The zero-order valence-electron chi connectivity index (χ0n) is 23.8. The lowest BCUT2D eigenvalue weighted by Crippen LogP contribution is -2.53. The third kappa shape index (κ3) is 7.52. The van der Waals surface area contributed by atoms with Gasteiger partial charge in [-0.2, -0.15) is 0 Å². The van der Waals surface area contributed by atoms with E-state index in [1.54, 1.807) is 25.1 Å². The van der Waals surface area contributed by atoms with Gasteiger partial charge in [0.25, 0.3) is 15.7 Å². The summed E-state index contributed by atoms with van der Waals surface area (Å²) in [5.41, 5.74) is 1.42. The predicted molar refractivity (Wildman–Crippen MR) is 160 cm³/mol. The Hall–Kier alpha value is -4.25. The van der Waals surface area contributed by atoms with Crippen LogP contribution in [0.15, 0.2) is 83.8 Å². The number of hydrogen-bond donors (Lipinski definition) is 1. The highest BCUT2D eigenvalue weighted by Crippen LogP contribution is 2.28. The lowest BCUT2D eigenvalue weighted by molar-refractivity contribution is -0.384. The van der Waals surface area contributed by atoms with Crippen molar-refractivity contribution in [3.63, 3.8) is 0 Å². The fraction of sp³-hybridized carbons (Fsp3) is 0.355. The van der Waals surface area contributed by atoms with Crippen molar-refractivity contribution in [1.29, 1.82) is 0 Å². The quantitative estimate of drug-likeness (QED) is 0.247. The van der Waals surface area contributed by atoms with E-state index in [-0.39, 0.29) is 34.8 Å². The van der Waals surface area contributed by atoms with Crippen molar-refractivity contribution >= 4 is 33.2 Å². The molecular weight excluding hydrogens is 556 g/mol. The third-order valence-corrected chi connectivity index (χ3v) is 9.28. The highest BCUT2D eigenvalue weighted by molar-refractivity contribution is 7.92. The lowest BCUT2D eigenvalue weighted by atomic mass is 9.95. The molecular formula is C31H36N4O6S. The SMILES string of the molecule is Cc1cccc(CN(C(=O)CN(c2cccc([N+](=O)[O-])c2)S(=O)(=O)c2ccccc2)C(C)C(=O)NC2CCCCC2)c1. The van der Waals surface area contributed by atoms with E-state index in [0.717, 1.165) is 53.6 Å². The second-order valence-corrected chi connectivity index (χ2v) is 12.5. The maximum absolute atomic E-state index is 14.1. The van der Waals surface area contributed by atoms with Gasteiger partial charge in [-0.05, 0) is 50.5 Å². The van der Waals surface area contributed by atoms with Crippen molar-refractivity contribution in [3.05, 3.63) is 100 Å². The number of nitrogens with zero attached hydrogens (tertiary/aromatic N) is 3. The highest BCUT2D eigenvalue weighted by atomic mass is 32.2. The smallest absolute Gasteiger partial charge is 0.271 e. The Morgan fingerprint density at radius 1 is 0.976 bits per heavy atom. The molecule has 11 heteroatoms. The molecule has 4 rings (SSSR count). The summed E-state index contributed by atoms with van der Waals surface area (Å²) >= 11 is 0. The van der Waals surface area contributed by atoms with Gasteiger partial charge in [-0.15, -0.1) is 0 Å². The largest absolute Gasteiger partial charge is 0.352 e. The number of carbonyl (C=O) groups excluding carboxylic acids is 2. The molecule has 1 atom stereocenters. The molecule has 1 saturated carbocycles. The normalized spacial score (nSPS) is 14.5. The van der Waals surface area contributed by atoms with Crippen LogP contribution in [0.2, 0.25) is 0 Å². The number of rotatable bonds is 11. The van der Waals surface area contributed by atoms with Gasteiger partial charge >= 0.3 is 0 Å². The summed E-state index contributed by atoms with van der Waals surface area (Å²) in [7, 11) is -4.31. The van der Waals surface area contributed by atoms with Crippen molar-refractivity contribution < 1.29 is 22.9 Å². The van der Waals surface area contributed by atoms with Crippen LogP contribution in [0.25, 0.3) is 0 Å². The number of amides is 2. The van der Waals surface area contributed by atoms with E-state index < -0.39 is 33.4 Å². The summed E-state index contributed by atoms with van der Waals surface area (Å²) in [5, 5.41) is 14.6. The molecule has 0 spiro atoms. The van der Waals surface area contributed by atoms with Crippen molar-refractivity contribution in [2.45, 2.75) is 69.5 Å². The van der Waals surface area contributed by atoms with Gasteiger partial charge in [0, 0.05) is 24.7 Å². The number of aryl methyl sites for hydroxylation is 1. The first kappa shape index (κ1) is 30.7. The Balaban J connectivity index is 1.70. The number of sulfonamides is 1. The zero-order valence-corrected chi connectivity index (χ0v) is 24.6. The van der Waals surface area contributed by atoms with Crippen molar-refractivity contribution in [3.8, 4) is 0 Å². The summed E-state index contributed by atoms with van der Waals surface area (Å²) in [6, 6.07) is 19.4. The Morgan fingerprint density at radius 2 is 1.67 bits per heavy atom. The van der Waals surface area contributed by atoms with Gasteiger partial charge in [-0.25, -0.2) is 8.42 Å². The standard InChI is InChI=1S/C31H36N4O6S/c1-23-11-9-12-25(19-23)21-33(24(2)31(37)32-26-13-5-3-6-14-26)30(36)22-34(27-15-10-16-28(20-27)35(38)39)42(40,41)29-17-7-4-8-18-29/h4,7-12,15-20,24,26H,3,5-6,13-14,21-22H2,1-2H3,(H,32,37). The maximum Gasteiger partial charge on any atom is 0.271 e. The van der Waals surface area contributed by atoms with Gasteiger partial charge in [0.15, 0.2) is 0 Å². The van der Waals surface area contributed by atoms with Gasteiger partial charge in [0.05, 0.1) is 15.5 Å². The average Bonchev–Trinajstić information content (AvgIpc) is 2.99. The molecule has 1 N–H and O–H groups in total. The van der Waals surface area contributed by atoms with Gasteiger partial charge < -0.3 is 10.2 Å². The van der Waals surface area contributed by atoms with E-state index in [4.69, 9.17) is 0 Å². The molecule has 1 unspecified atom stereocenters. The fourth-order valence-electron chi connectivity index (χ4n) is 5.17. The molecule has 3 aromatic carbocycles. The molecule has 1 fully saturated rings. The molecule has 3 aromatic rings. The molecule has 1 aliphatic rings. The monoisotopic (exact) mass is 592 g/mol. The van der Waals surface area contributed by atoms with Crippen LogP contribution in [0.1, 0.15) is 50.2 Å². The molecule has 0 aromatic heterocycles. The predicted octanol–water partition coefficient (Wildman–Crippen LogP) is 4.96. The van der Waals surface area contributed by atoms with Crippen LogP contribution >= 0.6 is 0 Å². The van der Waals surface area contributed by atoms with E-state index in [1.165, 1.54) is 35.2 Å². The van der Waals surface area contributed by atoms with Crippen LogP contribution in [-0.2, 0) is 26.2 Å². The molecule has 0 bridgehead atoms. The molecule has 222 valence electrons. The Morgan fingerprint density at radius 3 is 2.33 bits per heavy atom. The summed E-state index contributed by atoms with van der Waals surface area (Å²) < 4.78 is 28.6. The van der Waals surface area contributed by atoms with Crippen molar-refractivity contribution in [2.24, 2.45) is 0 Å². The minimum absolute atomic E-state index is 0.0313. The minimum Gasteiger partial charge on any atom is -0.352 e. The Kier molecular flexibility index (Phi) is 9.95. The second kappa shape index (κ2) is 13.6. The number of benzene rings is 3.